The van der Waals surface area contributed by atoms with Gasteiger partial charge >= 0.3 is 5.97 Å². The van der Waals surface area contributed by atoms with E-state index in [1.54, 1.807) is 72.8 Å². The molecule has 3 aromatic rings. The van der Waals surface area contributed by atoms with Gasteiger partial charge in [0.2, 0.25) is 17.6 Å². The summed E-state index contributed by atoms with van der Waals surface area (Å²) in [5.41, 5.74) is 1.45. The lowest BCUT2D eigenvalue weighted by molar-refractivity contribution is -0.122. The maximum absolute atomic E-state index is 13.2. The molecular weight excluding hydrogens is 442 g/mol. The van der Waals surface area contributed by atoms with Crippen LogP contribution in [0, 0.1) is 11.8 Å². The van der Waals surface area contributed by atoms with Crippen molar-refractivity contribution < 1.29 is 23.9 Å². The number of ketones is 1. The van der Waals surface area contributed by atoms with Crippen molar-refractivity contribution in [3.05, 3.63) is 114 Å². The molecule has 2 aliphatic rings. The smallest absolute Gasteiger partial charge is 0.339 e. The highest BCUT2D eigenvalue weighted by Crippen LogP contribution is 2.38. The standard InChI is InChI=1S/C29H23NO5/c31-25(19-10-3-1-4-11-19)26(20-12-5-2-6-13-20)35-29(34)21-14-9-15-22(18-21)30-27(32)23-16-7-8-17-24(23)28(30)33/h1-15,18,23-24,26H,16-17H2/t23-,24+,26-/m1/s1. The van der Waals surface area contributed by atoms with E-state index in [1.165, 1.54) is 11.0 Å². The van der Waals surface area contributed by atoms with Crippen molar-refractivity contribution in [3.8, 4) is 0 Å². The minimum Gasteiger partial charge on any atom is -0.445 e. The van der Waals surface area contributed by atoms with Gasteiger partial charge in [-0.15, -0.1) is 0 Å². The summed E-state index contributed by atoms with van der Waals surface area (Å²) in [7, 11) is 0. The molecule has 3 atom stereocenters. The Kier molecular flexibility index (Phi) is 6.10. The van der Waals surface area contributed by atoms with Crippen molar-refractivity contribution >= 4 is 29.3 Å². The molecule has 1 saturated heterocycles. The van der Waals surface area contributed by atoms with Crippen molar-refractivity contribution in [1.82, 2.24) is 0 Å². The third kappa shape index (κ3) is 4.30. The monoisotopic (exact) mass is 465 g/mol. The molecule has 0 bridgehead atoms. The van der Waals surface area contributed by atoms with Crippen molar-refractivity contribution in [3.63, 3.8) is 0 Å². The molecule has 1 heterocycles. The first-order valence-electron chi connectivity index (χ1n) is 11.5. The molecule has 0 unspecified atom stereocenters. The van der Waals surface area contributed by atoms with E-state index in [4.69, 9.17) is 4.74 Å². The Morgan fingerprint density at radius 2 is 1.31 bits per heavy atom. The van der Waals surface area contributed by atoms with Gasteiger partial charge in [-0.25, -0.2) is 4.79 Å². The Labute approximate surface area is 202 Å². The van der Waals surface area contributed by atoms with E-state index >= 15 is 0 Å². The van der Waals surface area contributed by atoms with Gasteiger partial charge in [-0.1, -0.05) is 78.9 Å². The van der Waals surface area contributed by atoms with Crippen LogP contribution in [0.4, 0.5) is 5.69 Å². The third-order valence-corrected chi connectivity index (χ3v) is 6.47. The van der Waals surface area contributed by atoms with Crippen LogP contribution in [-0.4, -0.2) is 23.6 Å². The van der Waals surface area contributed by atoms with Gasteiger partial charge in [0.05, 0.1) is 23.1 Å². The molecular formula is C29H23NO5. The fraction of sp³-hybridized carbons (Fsp3) is 0.172. The molecule has 5 rings (SSSR count). The van der Waals surface area contributed by atoms with E-state index in [-0.39, 0.29) is 35.0 Å². The van der Waals surface area contributed by atoms with Crippen molar-refractivity contribution in [2.75, 3.05) is 4.90 Å². The maximum Gasteiger partial charge on any atom is 0.339 e. The van der Waals surface area contributed by atoms with Gasteiger partial charge in [-0.2, -0.15) is 0 Å². The summed E-state index contributed by atoms with van der Waals surface area (Å²) in [4.78, 5) is 53.5. The first-order chi connectivity index (χ1) is 17.0. The maximum atomic E-state index is 13.2. The van der Waals surface area contributed by atoms with E-state index < -0.39 is 12.1 Å². The van der Waals surface area contributed by atoms with Gasteiger partial charge in [-0.3, -0.25) is 19.3 Å². The highest BCUT2D eigenvalue weighted by Gasteiger charge is 2.47. The number of ether oxygens (including phenoxy) is 1. The molecule has 0 radical (unpaired) electrons. The van der Waals surface area contributed by atoms with Crippen LogP contribution in [0.2, 0.25) is 0 Å². The van der Waals surface area contributed by atoms with E-state index in [0.29, 0.717) is 29.7 Å². The first-order valence-corrected chi connectivity index (χ1v) is 11.5. The number of anilines is 1. The molecule has 0 aromatic heterocycles. The lowest BCUT2D eigenvalue weighted by Crippen LogP contribution is -2.31. The fourth-order valence-electron chi connectivity index (χ4n) is 4.66. The normalized spacial score (nSPS) is 19.8. The molecule has 35 heavy (non-hydrogen) atoms. The molecule has 1 aliphatic heterocycles. The number of esters is 1. The molecule has 6 nitrogen and oxygen atoms in total. The second kappa shape index (κ2) is 9.50. The van der Waals surface area contributed by atoms with Crippen molar-refractivity contribution in [2.24, 2.45) is 11.8 Å². The van der Waals surface area contributed by atoms with Gasteiger partial charge < -0.3 is 4.74 Å². The van der Waals surface area contributed by atoms with Crippen LogP contribution in [-0.2, 0) is 14.3 Å². The number of rotatable bonds is 6. The Hall–Kier alpha value is -4.32. The zero-order valence-electron chi connectivity index (χ0n) is 18.9. The lowest BCUT2D eigenvalue weighted by atomic mass is 9.85. The quantitative estimate of drug-likeness (QED) is 0.223. The van der Waals surface area contributed by atoms with Gasteiger partial charge in [0.15, 0.2) is 6.10 Å². The molecule has 6 heteroatoms. The molecule has 2 amide bonds. The summed E-state index contributed by atoms with van der Waals surface area (Å²) in [6, 6.07) is 23.7. The number of amides is 2. The highest BCUT2D eigenvalue weighted by molar-refractivity contribution is 6.22. The number of imide groups is 1. The molecule has 0 N–H and O–H groups in total. The number of carbonyl (C=O) groups is 4. The number of fused-ring (bicyclic) bond motifs is 1. The number of nitrogens with zero attached hydrogens (tertiary/aromatic N) is 1. The topological polar surface area (TPSA) is 80.8 Å². The largest absolute Gasteiger partial charge is 0.445 e. The van der Waals surface area contributed by atoms with Crippen molar-refractivity contribution in [1.29, 1.82) is 0 Å². The SMILES string of the molecule is O=C(O[C@@H](C(=O)c1ccccc1)c1ccccc1)c1cccc(N2C(=O)[C@H]3CC=CC[C@H]3C2=O)c1. The Morgan fingerprint density at radius 3 is 1.94 bits per heavy atom. The molecule has 1 aliphatic carbocycles. The fourth-order valence-corrected chi connectivity index (χ4v) is 4.66. The number of carbonyl (C=O) groups excluding carboxylic acids is 4. The number of benzene rings is 3. The van der Waals surface area contributed by atoms with Crippen LogP contribution in [0.25, 0.3) is 0 Å². The zero-order chi connectivity index (χ0) is 24.4. The Balaban J connectivity index is 1.42. The second-order valence-electron chi connectivity index (χ2n) is 8.64. The Bertz CT molecular complexity index is 1290. The summed E-state index contributed by atoms with van der Waals surface area (Å²) < 4.78 is 5.72. The van der Waals surface area contributed by atoms with Crippen molar-refractivity contribution in [2.45, 2.75) is 18.9 Å². The van der Waals surface area contributed by atoms with E-state index in [2.05, 4.69) is 0 Å². The van der Waals surface area contributed by atoms with E-state index in [9.17, 15) is 19.2 Å². The van der Waals surface area contributed by atoms with Crippen LogP contribution in [0.5, 0.6) is 0 Å². The molecule has 3 aromatic carbocycles. The minimum atomic E-state index is -1.14. The zero-order valence-corrected chi connectivity index (χ0v) is 18.9. The summed E-state index contributed by atoms with van der Waals surface area (Å²) >= 11 is 0. The lowest BCUT2D eigenvalue weighted by Gasteiger charge is -2.19. The first kappa shape index (κ1) is 22.5. The average molecular weight is 466 g/mol. The predicted molar refractivity (Wildman–Crippen MR) is 130 cm³/mol. The van der Waals surface area contributed by atoms with Crippen LogP contribution >= 0.6 is 0 Å². The number of hydrogen-bond acceptors (Lipinski definition) is 5. The summed E-state index contributed by atoms with van der Waals surface area (Å²) in [5.74, 6) is -2.30. The predicted octanol–water partition coefficient (Wildman–Crippen LogP) is 4.92. The van der Waals surface area contributed by atoms with Crippen LogP contribution in [0.3, 0.4) is 0 Å². The second-order valence-corrected chi connectivity index (χ2v) is 8.64. The van der Waals surface area contributed by atoms with Crippen LogP contribution in [0.15, 0.2) is 97.1 Å². The average Bonchev–Trinajstić information content (AvgIpc) is 3.17. The van der Waals surface area contributed by atoms with Gasteiger partial charge in [0, 0.05) is 11.1 Å². The van der Waals surface area contributed by atoms with Crippen LogP contribution < -0.4 is 4.90 Å². The number of hydrogen-bond donors (Lipinski definition) is 0. The van der Waals surface area contributed by atoms with E-state index in [0.717, 1.165) is 0 Å². The summed E-state index contributed by atoms with van der Waals surface area (Å²) in [6.07, 6.45) is 3.79. The van der Waals surface area contributed by atoms with E-state index in [1.807, 2.05) is 18.2 Å². The highest BCUT2D eigenvalue weighted by atomic mass is 16.5. The van der Waals surface area contributed by atoms with Gasteiger partial charge in [0.1, 0.15) is 0 Å². The van der Waals surface area contributed by atoms with Crippen LogP contribution in [0.1, 0.15) is 45.2 Å². The van der Waals surface area contributed by atoms with Gasteiger partial charge in [-0.05, 0) is 31.0 Å². The molecule has 174 valence electrons. The molecule has 0 spiro atoms. The summed E-state index contributed by atoms with van der Waals surface area (Å²) in [5, 5.41) is 0. The number of allylic oxidation sites excluding steroid dienone is 2. The molecule has 0 saturated carbocycles. The summed E-state index contributed by atoms with van der Waals surface area (Å²) in [6.45, 7) is 0. The molecule has 1 fully saturated rings. The Morgan fingerprint density at radius 1 is 0.743 bits per heavy atom. The number of Topliss-reactive ketones (excluding diaryl/α,β-unsaturated/α-hetero) is 1. The van der Waals surface area contributed by atoms with Gasteiger partial charge in [0.25, 0.3) is 0 Å². The minimum absolute atomic E-state index is 0.151. The third-order valence-electron chi connectivity index (χ3n) is 6.47.